The van der Waals surface area contributed by atoms with E-state index in [1.165, 1.54) is 0 Å². The minimum absolute atomic E-state index is 1.06. The Morgan fingerprint density at radius 3 is 2.38 bits per heavy atom. The molecular weight excluding hydrogens is 96.1 g/mol. The monoisotopic (exact) mass is 108 g/mol. The Kier molecular flexibility index (Phi) is 6.06. The maximum atomic E-state index is 5.11. The zero-order valence-corrected chi connectivity index (χ0v) is 5.30. The van der Waals surface area contributed by atoms with Gasteiger partial charge in [0.15, 0.2) is 0 Å². The van der Waals surface area contributed by atoms with Crippen molar-refractivity contribution in [3.8, 4) is 0 Å². The van der Waals surface area contributed by atoms with E-state index in [1.807, 2.05) is 19.1 Å². The third kappa shape index (κ3) is 5.48. The molecule has 0 aromatic rings. The average Bonchev–Trinajstić information content (AvgIpc) is 1.81. The second-order valence-corrected chi connectivity index (χ2v) is 1.57. The first-order valence-electron chi connectivity index (χ1n) is 2.89. The van der Waals surface area contributed by atoms with E-state index in [1.54, 1.807) is 6.08 Å². The van der Waals surface area contributed by atoms with Gasteiger partial charge in [-0.1, -0.05) is 24.3 Å². The lowest BCUT2D eigenvalue weighted by atomic mass is 10.3. The summed E-state index contributed by atoms with van der Waals surface area (Å²) < 4.78 is 0. The van der Waals surface area contributed by atoms with Crippen molar-refractivity contribution in [2.24, 2.45) is 0 Å². The van der Waals surface area contributed by atoms with Crippen LogP contribution in [0.25, 0.3) is 0 Å². The largest absolute Gasteiger partial charge is 0.0917 e. The molecule has 0 atom stereocenters. The number of unbranched alkanes of at least 4 members (excludes halogenated alkanes) is 1. The Bertz CT molecular complexity index is 66.0. The highest BCUT2D eigenvalue weighted by Crippen LogP contribution is 1.90. The molecule has 0 aliphatic carbocycles. The van der Waals surface area contributed by atoms with Crippen LogP contribution in [-0.2, 0) is 0 Å². The van der Waals surface area contributed by atoms with Gasteiger partial charge in [-0.3, -0.25) is 0 Å². The lowest BCUT2D eigenvalue weighted by Gasteiger charge is -1.81. The zero-order valence-electron chi connectivity index (χ0n) is 5.30. The molecule has 0 saturated carbocycles. The molecule has 0 spiro atoms. The molecule has 0 aliphatic rings. The molecule has 0 unspecified atom stereocenters. The van der Waals surface area contributed by atoms with Gasteiger partial charge in [-0.15, -0.1) is 0 Å². The van der Waals surface area contributed by atoms with E-state index >= 15 is 0 Å². The van der Waals surface area contributed by atoms with Crippen LogP contribution in [0, 0.1) is 6.92 Å². The minimum atomic E-state index is 1.06. The van der Waals surface area contributed by atoms with Crippen molar-refractivity contribution in [3.63, 3.8) is 0 Å². The fourth-order valence-electron chi connectivity index (χ4n) is 0.455. The highest BCUT2D eigenvalue weighted by molar-refractivity contribution is 4.87. The predicted octanol–water partition coefficient (Wildman–Crippen LogP) is 2.61. The molecule has 0 bridgehead atoms. The van der Waals surface area contributed by atoms with Crippen molar-refractivity contribution in [2.45, 2.75) is 19.8 Å². The van der Waals surface area contributed by atoms with Crippen LogP contribution in [0.2, 0.25) is 0 Å². The first-order chi connectivity index (χ1) is 3.91. The van der Waals surface area contributed by atoms with Crippen molar-refractivity contribution in [2.75, 3.05) is 0 Å². The molecule has 0 heteroatoms. The molecule has 0 rings (SSSR count). The highest BCUT2D eigenvalue weighted by atomic mass is 13.8. The van der Waals surface area contributed by atoms with Gasteiger partial charge in [0.05, 0.1) is 0 Å². The van der Waals surface area contributed by atoms with E-state index in [0.717, 1.165) is 12.8 Å². The van der Waals surface area contributed by atoms with Gasteiger partial charge in [0.1, 0.15) is 0 Å². The average molecular weight is 108 g/mol. The maximum absolute atomic E-state index is 5.11. The molecular formula is C8H12. The Balaban J connectivity index is 2.93. The summed E-state index contributed by atoms with van der Waals surface area (Å²) in [6, 6.07) is 0. The van der Waals surface area contributed by atoms with Crippen molar-refractivity contribution >= 4 is 0 Å². The van der Waals surface area contributed by atoms with Crippen LogP contribution < -0.4 is 0 Å². The maximum Gasteiger partial charge on any atom is -0.00958 e. The van der Waals surface area contributed by atoms with Crippen LogP contribution in [0.15, 0.2) is 24.3 Å². The first kappa shape index (κ1) is 7.48. The molecule has 44 valence electrons. The highest BCUT2D eigenvalue weighted by Gasteiger charge is 1.70. The summed E-state index contributed by atoms with van der Waals surface area (Å²) in [5, 5.41) is 0. The third-order valence-electron chi connectivity index (χ3n) is 0.872. The van der Waals surface area contributed by atoms with Crippen molar-refractivity contribution < 1.29 is 0 Å². The summed E-state index contributed by atoms with van der Waals surface area (Å²) in [4.78, 5) is 0. The minimum Gasteiger partial charge on any atom is -0.0917 e. The SMILES string of the molecule is [CH]C=CCCC=CC. The summed E-state index contributed by atoms with van der Waals surface area (Å²) in [6.45, 7) is 7.13. The Morgan fingerprint density at radius 2 is 1.88 bits per heavy atom. The van der Waals surface area contributed by atoms with Crippen LogP contribution in [0.1, 0.15) is 19.8 Å². The summed E-state index contributed by atoms with van der Waals surface area (Å²) >= 11 is 0. The van der Waals surface area contributed by atoms with Crippen LogP contribution in [-0.4, -0.2) is 0 Å². The zero-order chi connectivity index (χ0) is 6.24. The normalized spacial score (nSPS) is 11.8. The van der Waals surface area contributed by atoms with Gasteiger partial charge < -0.3 is 0 Å². The lowest BCUT2D eigenvalue weighted by molar-refractivity contribution is 1.05. The number of rotatable bonds is 3. The molecule has 0 nitrogen and oxygen atoms in total. The van der Waals surface area contributed by atoms with E-state index in [4.69, 9.17) is 6.92 Å². The van der Waals surface area contributed by atoms with Crippen molar-refractivity contribution in [1.82, 2.24) is 0 Å². The smallest absolute Gasteiger partial charge is 0.00958 e. The number of allylic oxidation sites excluding steroid dienone is 4. The number of hydrogen-bond acceptors (Lipinski definition) is 0. The summed E-state index contributed by atoms with van der Waals surface area (Å²) in [5.74, 6) is 0. The Labute approximate surface area is 51.9 Å². The Hall–Kier alpha value is -0.520. The van der Waals surface area contributed by atoms with Crippen LogP contribution in [0.4, 0.5) is 0 Å². The van der Waals surface area contributed by atoms with Gasteiger partial charge in [-0.05, 0) is 26.7 Å². The van der Waals surface area contributed by atoms with Crippen molar-refractivity contribution in [3.05, 3.63) is 31.2 Å². The molecule has 0 saturated heterocycles. The molecule has 0 fully saturated rings. The molecule has 0 aromatic carbocycles. The van der Waals surface area contributed by atoms with E-state index in [-0.39, 0.29) is 0 Å². The van der Waals surface area contributed by atoms with Crippen molar-refractivity contribution in [1.29, 1.82) is 0 Å². The van der Waals surface area contributed by atoms with Crippen LogP contribution in [0.3, 0.4) is 0 Å². The second kappa shape index (κ2) is 6.48. The molecule has 2 radical (unpaired) electrons. The number of hydrogen-bond donors (Lipinski definition) is 0. The molecule has 0 aliphatic heterocycles. The van der Waals surface area contributed by atoms with Gasteiger partial charge in [-0.2, -0.15) is 0 Å². The van der Waals surface area contributed by atoms with E-state index < -0.39 is 0 Å². The molecule has 0 heterocycles. The summed E-state index contributed by atoms with van der Waals surface area (Å²) in [5.41, 5.74) is 0. The topological polar surface area (TPSA) is 0 Å². The van der Waals surface area contributed by atoms with Crippen LogP contribution in [0.5, 0.6) is 0 Å². The molecule has 0 N–H and O–H groups in total. The summed E-state index contributed by atoms with van der Waals surface area (Å²) in [6.07, 6.45) is 9.87. The lowest BCUT2D eigenvalue weighted by Crippen LogP contribution is -1.60. The fraction of sp³-hybridized carbons (Fsp3) is 0.375. The Morgan fingerprint density at radius 1 is 1.25 bits per heavy atom. The quantitative estimate of drug-likeness (QED) is 0.385. The van der Waals surface area contributed by atoms with Gasteiger partial charge in [0.2, 0.25) is 0 Å². The standard InChI is InChI=1S/C8H12/c1-3-5-7-8-6-4-2/h1,3-6H,7-8H2,2H3. The van der Waals surface area contributed by atoms with Gasteiger partial charge >= 0.3 is 0 Å². The van der Waals surface area contributed by atoms with Gasteiger partial charge in [-0.25, -0.2) is 0 Å². The first-order valence-corrected chi connectivity index (χ1v) is 2.89. The van der Waals surface area contributed by atoms with E-state index in [2.05, 4.69) is 6.08 Å². The van der Waals surface area contributed by atoms with E-state index in [0.29, 0.717) is 0 Å². The summed E-state index contributed by atoms with van der Waals surface area (Å²) in [7, 11) is 0. The van der Waals surface area contributed by atoms with Gasteiger partial charge in [0, 0.05) is 0 Å². The molecule has 8 heavy (non-hydrogen) atoms. The molecule has 0 amide bonds. The van der Waals surface area contributed by atoms with Gasteiger partial charge in [0.25, 0.3) is 0 Å². The molecule has 0 aromatic heterocycles. The fourth-order valence-corrected chi connectivity index (χ4v) is 0.455. The third-order valence-corrected chi connectivity index (χ3v) is 0.872. The predicted molar refractivity (Wildman–Crippen MR) is 37.5 cm³/mol. The van der Waals surface area contributed by atoms with Crippen LogP contribution >= 0.6 is 0 Å². The second-order valence-electron chi connectivity index (χ2n) is 1.57. The van der Waals surface area contributed by atoms with E-state index in [9.17, 15) is 0 Å².